The molecule has 1 aliphatic heterocycles. The number of carbonyl (C=O) groups excluding carboxylic acids is 1. The molecule has 6 heteroatoms. The number of carboxylic acids is 1. The third-order valence-corrected chi connectivity index (χ3v) is 6.98. The number of nitrogens with zero attached hydrogens (tertiary/aromatic N) is 1. The largest absolute Gasteiger partial charge is 0.487 e. The molecule has 194 valence electrons. The van der Waals surface area contributed by atoms with Crippen molar-refractivity contribution in [2.45, 2.75) is 58.6 Å². The van der Waals surface area contributed by atoms with Crippen LogP contribution in [-0.2, 0) is 30.6 Å². The number of halogens is 1. The van der Waals surface area contributed by atoms with E-state index in [9.17, 15) is 14.7 Å². The predicted octanol–water partition coefficient (Wildman–Crippen LogP) is 6.59. The van der Waals surface area contributed by atoms with E-state index in [1.54, 1.807) is 30.3 Å². The lowest BCUT2D eigenvalue weighted by Gasteiger charge is -2.36. The average Bonchev–Trinajstić information content (AvgIpc) is 2.85. The fourth-order valence-electron chi connectivity index (χ4n) is 4.90. The highest BCUT2D eigenvalue weighted by molar-refractivity contribution is 6.30. The van der Waals surface area contributed by atoms with E-state index in [-0.39, 0.29) is 24.6 Å². The highest BCUT2D eigenvalue weighted by Gasteiger charge is 2.32. The van der Waals surface area contributed by atoms with Crippen LogP contribution in [0, 0.1) is 5.92 Å². The SMILES string of the molecule is CC(C)Cc1ccc(C[C@]2(C)CCc3cc(C(=O)N(CC(=O)O)Cc4ccc(Cl)cc4)ccc3O2)cc1. The Balaban J connectivity index is 1.46. The van der Waals surface area contributed by atoms with Gasteiger partial charge in [0.15, 0.2) is 0 Å². The predicted molar refractivity (Wildman–Crippen MR) is 146 cm³/mol. The van der Waals surface area contributed by atoms with Crippen LogP contribution in [0.4, 0.5) is 0 Å². The van der Waals surface area contributed by atoms with Crippen LogP contribution in [0.1, 0.15) is 59.8 Å². The molecular weight excluding hydrogens is 486 g/mol. The Morgan fingerprint density at radius 2 is 1.65 bits per heavy atom. The number of aliphatic carboxylic acids is 1. The summed E-state index contributed by atoms with van der Waals surface area (Å²) < 4.78 is 6.45. The van der Waals surface area contributed by atoms with Gasteiger partial charge in [-0.25, -0.2) is 0 Å². The summed E-state index contributed by atoms with van der Waals surface area (Å²) in [5.74, 6) is 0.0303. The maximum Gasteiger partial charge on any atom is 0.323 e. The Morgan fingerprint density at radius 1 is 1.00 bits per heavy atom. The zero-order valence-electron chi connectivity index (χ0n) is 21.7. The molecular formula is C31H34ClNO4. The summed E-state index contributed by atoms with van der Waals surface area (Å²) in [4.78, 5) is 26.1. The minimum Gasteiger partial charge on any atom is -0.487 e. The topological polar surface area (TPSA) is 66.8 Å². The number of carbonyl (C=O) groups is 2. The van der Waals surface area contributed by atoms with Gasteiger partial charge < -0.3 is 14.7 Å². The van der Waals surface area contributed by atoms with Gasteiger partial charge >= 0.3 is 5.97 Å². The van der Waals surface area contributed by atoms with Crippen LogP contribution < -0.4 is 4.74 Å². The molecule has 0 aliphatic carbocycles. The second kappa shape index (κ2) is 11.4. The maximum atomic E-state index is 13.3. The quantitative estimate of drug-likeness (QED) is 0.346. The number of hydrogen-bond acceptors (Lipinski definition) is 3. The van der Waals surface area contributed by atoms with Gasteiger partial charge in [0.25, 0.3) is 5.91 Å². The monoisotopic (exact) mass is 519 g/mol. The third-order valence-electron chi connectivity index (χ3n) is 6.73. The Labute approximate surface area is 224 Å². The molecule has 1 amide bonds. The van der Waals surface area contributed by atoms with Crippen molar-refractivity contribution in [1.29, 1.82) is 0 Å². The van der Waals surface area contributed by atoms with E-state index in [1.807, 2.05) is 12.1 Å². The van der Waals surface area contributed by atoms with Crippen molar-refractivity contribution in [2.24, 2.45) is 5.92 Å². The number of carboxylic acid groups (broad SMARTS) is 1. The lowest BCUT2D eigenvalue weighted by atomic mass is 9.86. The third kappa shape index (κ3) is 7.14. The molecule has 0 saturated carbocycles. The van der Waals surface area contributed by atoms with Crippen LogP contribution in [0.5, 0.6) is 5.75 Å². The molecule has 3 aromatic carbocycles. The maximum absolute atomic E-state index is 13.3. The Hall–Kier alpha value is -3.31. The lowest BCUT2D eigenvalue weighted by molar-refractivity contribution is -0.137. The first-order chi connectivity index (χ1) is 17.6. The highest BCUT2D eigenvalue weighted by atomic mass is 35.5. The zero-order chi connectivity index (χ0) is 26.6. The summed E-state index contributed by atoms with van der Waals surface area (Å²) in [6, 6.07) is 21.3. The first-order valence-electron chi connectivity index (χ1n) is 12.8. The molecule has 1 N–H and O–H groups in total. The zero-order valence-corrected chi connectivity index (χ0v) is 22.4. The van der Waals surface area contributed by atoms with Gasteiger partial charge in [-0.3, -0.25) is 9.59 Å². The van der Waals surface area contributed by atoms with Gasteiger partial charge in [0.05, 0.1) is 0 Å². The minimum absolute atomic E-state index is 0.184. The van der Waals surface area contributed by atoms with Gasteiger partial charge in [0.2, 0.25) is 0 Å². The molecule has 0 spiro atoms. The van der Waals surface area contributed by atoms with Crippen LogP contribution >= 0.6 is 11.6 Å². The van der Waals surface area contributed by atoms with Gasteiger partial charge in [0.1, 0.15) is 17.9 Å². The molecule has 4 rings (SSSR count). The number of hydrogen-bond donors (Lipinski definition) is 1. The molecule has 0 radical (unpaired) electrons. The van der Waals surface area contributed by atoms with Gasteiger partial charge in [-0.1, -0.05) is 61.8 Å². The van der Waals surface area contributed by atoms with Crippen LogP contribution in [0.2, 0.25) is 5.02 Å². The van der Waals surface area contributed by atoms with Crippen LogP contribution in [0.3, 0.4) is 0 Å². The fraction of sp³-hybridized carbons (Fsp3) is 0.355. The standard InChI is InChI=1S/C31H34ClNO4/c1-21(2)16-22-4-6-23(7-5-22)18-31(3)15-14-25-17-26(10-13-28(25)37-31)30(36)33(20-29(34)35)19-24-8-11-27(32)12-9-24/h4-13,17,21H,14-16,18-20H2,1-3H3,(H,34,35)/t31-/m0/s1. The first-order valence-corrected chi connectivity index (χ1v) is 13.1. The van der Waals surface area contributed by atoms with Crippen molar-refractivity contribution in [3.8, 4) is 5.75 Å². The van der Waals surface area contributed by atoms with Crippen molar-refractivity contribution in [3.63, 3.8) is 0 Å². The summed E-state index contributed by atoms with van der Waals surface area (Å²) in [5.41, 5.74) is 4.51. The average molecular weight is 520 g/mol. The van der Waals surface area contributed by atoms with E-state index in [2.05, 4.69) is 45.0 Å². The van der Waals surface area contributed by atoms with E-state index in [0.717, 1.165) is 42.6 Å². The summed E-state index contributed by atoms with van der Waals surface area (Å²) in [6.45, 7) is 6.39. The van der Waals surface area contributed by atoms with Gasteiger partial charge in [-0.05, 0) is 84.7 Å². The summed E-state index contributed by atoms with van der Waals surface area (Å²) in [7, 11) is 0. The Kier molecular flexibility index (Phi) is 8.23. The van der Waals surface area contributed by atoms with Crippen LogP contribution in [0.15, 0.2) is 66.7 Å². The van der Waals surface area contributed by atoms with Crippen molar-refractivity contribution >= 4 is 23.5 Å². The molecule has 0 aromatic heterocycles. The van der Waals surface area contributed by atoms with Crippen LogP contribution in [0.25, 0.3) is 0 Å². The van der Waals surface area contributed by atoms with Crippen molar-refractivity contribution in [2.75, 3.05) is 6.54 Å². The van der Waals surface area contributed by atoms with Crippen LogP contribution in [-0.4, -0.2) is 34.0 Å². The van der Waals surface area contributed by atoms with Crippen molar-refractivity contribution < 1.29 is 19.4 Å². The molecule has 0 unspecified atom stereocenters. The van der Waals surface area contributed by atoms with E-state index < -0.39 is 5.97 Å². The van der Waals surface area contributed by atoms with Gasteiger partial charge in [0, 0.05) is 23.6 Å². The van der Waals surface area contributed by atoms with E-state index in [4.69, 9.17) is 16.3 Å². The molecule has 0 bridgehead atoms. The van der Waals surface area contributed by atoms with E-state index in [0.29, 0.717) is 16.5 Å². The normalized spacial score (nSPS) is 16.7. The van der Waals surface area contributed by atoms with Crippen molar-refractivity contribution in [3.05, 3.63) is 99.6 Å². The lowest BCUT2D eigenvalue weighted by Crippen LogP contribution is -2.39. The fourth-order valence-corrected chi connectivity index (χ4v) is 5.03. The second-order valence-electron chi connectivity index (χ2n) is 10.6. The number of rotatable bonds is 9. The van der Waals surface area contributed by atoms with Crippen molar-refractivity contribution in [1.82, 2.24) is 4.90 Å². The Bertz CT molecular complexity index is 1250. The molecule has 0 saturated heterocycles. The molecule has 3 aromatic rings. The number of benzene rings is 3. The molecule has 37 heavy (non-hydrogen) atoms. The van der Waals surface area contributed by atoms with E-state index in [1.165, 1.54) is 16.0 Å². The molecule has 0 fully saturated rings. The summed E-state index contributed by atoms with van der Waals surface area (Å²) >= 11 is 5.96. The Morgan fingerprint density at radius 3 is 2.30 bits per heavy atom. The first kappa shape index (κ1) is 26.7. The molecule has 1 aliphatic rings. The summed E-state index contributed by atoms with van der Waals surface area (Å²) in [5, 5.41) is 9.98. The van der Waals surface area contributed by atoms with Gasteiger partial charge in [-0.2, -0.15) is 0 Å². The number of amides is 1. The smallest absolute Gasteiger partial charge is 0.323 e. The number of aryl methyl sites for hydroxylation is 1. The second-order valence-corrected chi connectivity index (χ2v) is 11.1. The molecule has 5 nitrogen and oxygen atoms in total. The number of ether oxygens (including phenoxy) is 1. The van der Waals surface area contributed by atoms with Gasteiger partial charge in [-0.15, -0.1) is 0 Å². The summed E-state index contributed by atoms with van der Waals surface area (Å²) in [6.07, 6.45) is 3.50. The number of fused-ring (bicyclic) bond motifs is 1. The molecule has 1 heterocycles. The highest BCUT2D eigenvalue weighted by Crippen LogP contribution is 2.36. The molecule has 1 atom stereocenters. The van der Waals surface area contributed by atoms with E-state index >= 15 is 0 Å². The minimum atomic E-state index is -1.06.